The van der Waals surface area contributed by atoms with Crippen molar-refractivity contribution >= 4 is 11.3 Å². The van der Waals surface area contributed by atoms with Gasteiger partial charge in [-0.3, -0.25) is 4.98 Å². The van der Waals surface area contributed by atoms with Gasteiger partial charge in [-0.2, -0.15) is 0 Å². The molecule has 1 atom stereocenters. The number of nitrogens with zero attached hydrogens (tertiary/aromatic N) is 1. The first kappa shape index (κ1) is 13.8. The largest absolute Gasteiger partial charge is 0.493 e. The lowest BCUT2D eigenvalue weighted by Crippen LogP contribution is -2.17. The van der Waals surface area contributed by atoms with Crippen LogP contribution < -0.4 is 15.2 Å². The Morgan fingerprint density at radius 2 is 2.21 bits per heavy atom. The van der Waals surface area contributed by atoms with Crippen molar-refractivity contribution in [2.45, 2.75) is 26.0 Å². The van der Waals surface area contributed by atoms with Gasteiger partial charge in [0, 0.05) is 12.2 Å². The van der Waals surface area contributed by atoms with Gasteiger partial charge in [0.05, 0.1) is 17.5 Å². The van der Waals surface area contributed by atoms with Crippen LogP contribution in [0.1, 0.15) is 17.4 Å². The van der Waals surface area contributed by atoms with E-state index in [0.29, 0.717) is 6.61 Å². The normalized spacial score (nSPS) is 12.2. The average Bonchev–Trinajstić information content (AvgIpc) is 2.89. The van der Waals surface area contributed by atoms with Gasteiger partial charge in [0.15, 0.2) is 11.5 Å². The smallest absolute Gasteiger partial charge is 0.161 e. The van der Waals surface area contributed by atoms with Crippen LogP contribution in [0.2, 0.25) is 0 Å². The Hall–Kier alpha value is -1.59. The van der Waals surface area contributed by atoms with Crippen LogP contribution in [-0.2, 0) is 13.0 Å². The van der Waals surface area contributed by atoms with Gasteiger partial charge in [0.25, 0.3) is 0 Å². The van der Waals surface area contributed by atoms with Gasteiger partial charge in [-0.1, -0.05) is 6.07 Å². The van der Waals surface area contributed by atoms with Crippen molar-refractivity contribution in [1.29, 1.82) is 0 Å². The van der Waals surface area contributed by atoms with Gasteiger partial charge < -0.3 is 15.2 Å². The molecule has 0 fully saturated rings. The number of thiazole rings is 1. The van der Waals surface area contributed by atoms with E-state index in [1.165, 1.54) is 0 Å². The molecule has 1 heterocycles. The Bertz CT molecular complexity index is 512. The minimum Gasteiger partial charge on any atom is -0.493 e. The molecule has 0 bridgehead atoms. The molecule has 0 amide bonds. The maximum absolute atomic E-state index is 5.80. The van der Waals surface area contributed by atoms with Crippen LogP contribution in [0.3, 0.4) is 0 Å². The number of hydrogen-bond acceptors (Lipinski definition) is 5. The minimum absolute atomic E-state index is 0.133. The van der Waals surface area contributed by atoms with E-state index in [-0.39, 0.29) is 6.04 Å². The summed E-state index contributed by atoms with van der Waals surface area (Å²) in [5.74, 6) is 1.48. The van der Waals surface area contributed by atoms with E-state index in [2.05, 4.69) is 4.98 Å². The molecule has 0 radical (unpaired) electrons. The summed E-state index contributed by atoms with van der Waals surface area (Å²) in [4.78, 5) is 5.10. The van der Waals surface area contributed by atoms with Gasteiger partial charge in [0.2, 0.25) is 0 Å². The van der Waals surface area contributed by atoms with Crippen molar-refractivity contribution in [1.82, 2.24) is 4.98 Å². The molecule has 1 aromatic heterocycles. The molecule has 4 nitrogen and oxygen atoms in total. The lowest BCUT2D eigenvalue weighted by Gasteiger charge is -2.12. The maximum Gasteiger partial charge on any atom is 0.161 e. The molecule has 2 aromatic rings. The van der Waals surface area contributed by atoms with Crippen molar-refractivity contribution in [2.75, 3.05) is 7.11 Å². The predicted molar refractivity (Wildman–Crippen MR) is 76.8 cm³/mol. The second-order valence-corrected chi connectivity index (χ2v) is 5.39. The van der Waals surface area contributed by atoms with Gasteiger partial charge in [-0.05, 0) is 31.0 Å². The van der Waals surface area contributed by atoms with Crippen molar-refractivity contribution in [3.05, 3.63) is 40.3 Å². The summed E-state index contributed by atoms with van der Waals surface area (Å²) in [5.41, 5.74) is 8.74. The van der Waals surface area contributed by atoms with Crippen molar-refractivity contribution in [3.63, 3.8) is 0 Å². The third-order valence-electron chi connectivity index (χ3n) is 2.64. The zero-order valence-electron chi connectivity index (χ0n) is 11.1. The number of rotatable bonds is 6. The molecule has 102 valence electrons. The van der Waals surface area contributed by atoms with Crippen LogP contribution in [0.15, 0.2) is 29.9 Å². The Morgan fingerprint density at radius 3 is 2.84 bits per heavy atom. The van der Waals surface area contributed by atoms with Crippen molar-refractivity contribution < 1.29 is 9.47 Å². The molecule has 0 spiro atoms. The quantitative estimate of drug-likeness (QED) is 0.882. The fourth-order valence-corrected chi connectivity index (χ4v) is 2.30. The number of aromatic nitrogens is 1. The number of ether oxygens (including phenoxy) is 2. The second-order valence-electron chi connectivity index (χ2n) is 4.42. The van der Waals surface area contributed by atoms with E-state index in [9.17, 15) is 0 Å². The van der Waals surface area contributed by atoms with Crippen LogP contribution in [0, 0.1) is 0 Å². The van der Waals surface area contributed by atoms with Crippen LogP contribution >= 0.6 is 11.3 Å². The Labute approximate surface area is 117 Å². The van der Waals surface area contributed by atoms with Gasteiger partial charge in [-0.25, -0.2) is 0 Å². The number of benzene rings is 1. The summed E-state index contributed by atoms with van der Waals surface area (Å²) in [7, 11) is 1.64. The van der Waals surface area contributed by atoms with Gasteiger partial charge in [0.1, 0.15) is 6.61 Å². The molecule has 1 unspecified atom stereocenters. The lowest BCUT2D eigenvalue weighted by molar-refractivity contribution is 0.287. The van der Waals surface area contributed by atoms with Crippen LogP contribution in [0.25, 0.3) is 0 Å². The highest BCUT2D eigenvalue weighted by atomic mass is 32.1. The fraction of sp³-hybridized carbons (Fsp3) is 0.357. The molecule has 0 aliphatic rings. The molecule has 19 heavy (non-hydrogen) atoms. The van der Waals surface area contributed by atoms with Crippen LogP contribution in [-0.4, -0.2) is 18.1 Å². The van der Waals surface area contributed by atoms with E-state index in [1.54, 1.807) is 24.0 Å². The molecule has 2 rings (SSSR count). The predicted octanol–water partition coefficient (Wildman–Crippen LogP) is 2.62. The average molecular weight is 278 g/mol. The summed E-state index contributed by atoms with van der Waals surface area (Å²) >= 11 is 1.57. The van der Waals surface area contributed by atoms with E-state index < -0.39 is 0 Å². The van der Waals surface area contributed by atoms with Crippen molar-refractivity contribution in [2.24, 2.45) is 5.73 Å². The second kappa shape index (κ2) is 6.54. The van der Waals surface area contributed by atoms with Gasteiger partial charge in [-0.15, -0.1) is 11.3 Å². The minimum atomic E-state index is 0.133. The Kier molecular flexibility index (Phi) is 4.76. The summed E-state index contributed by atoms with van der Waals surface area (Å²) in [6.45, 7) is 2.49. The highest BCUT2D eigenvalue weighted by molar-refractivity contribution is 7.09. The summed E-state index contributed by atoms with van der Waals surface area (Å²) in [5, 5.41) is 0. The molecule has 0 saturated carbocycles. The number of hydrogen-bond donors (Lipinski definition) is 1. The van der Waals surface area contributed by atoms with E-state index in [4.69, 9.17) is 15.2 Å². The zero-order chi connectivity index (χ0) is 13.7. The highest BCUT2D eigenvalue weighted by Gasteiger charge is 2.07. The first-order valence-corrected chi connectivity index (χ1v) is 6.99. The third-order valence-corrected chi connectivity index (χ3v) is 3.39. The SMILES string of the molecule is COc1cc(CC(C)N)ccc1OCc1cncs1. The van der Waals surface area contributed by atoms with Crippen molar-refractivity contribution in [3.8, 4) is 11.5 Å². The molecule has 5 heteroatoms. The molecular formula is C14H18N2O2S. The third kappa shape index (κ3) is 3.94. The topological polar surface area (TPSA) is 57.4 Å². The molecule has 1 aromatic carbocycles. The summed E-state index contributed by atoms with van der Waals surface area (Å²) < 4.78 is 11.1. The molecule has 2 N–H and O–H groups in total. The summed E-state index contributed by atoms with van der Waals surface area (Å²) in [6.07, 6.45) is 2.63. The highest BCUT2D eigenvalue weighted by Crippen LogP contribution is 2.29. The molecular weight excluding hydrogens is 260 g/mol. The Morgan fingerprint density at radius 1 is 1.37 bits per heavy atom. The van der Waals surface area contributed by atoms with E-state index in [1.807, 2.05) is 31.3 Å². The Balaban J connectivity index is 2.07. The van der Waals surface area contributed by atoms with Gasteiger partial charge >= 0.3 is 0 Å². The van der Waals surface area contributed by atoms with E-state index >= 15 is 0 Å². The van der Waals surface area contributed by atoms with E-state index in [0.717, 1.165) is 28.4 Å². The summed E-state index contributed by atoms with van der Waals surface area (Å²) in [6, 6.07) is 6.06. The molecule has 0 aliphatic carbocycles. The maximum atomic E-state index is 5.80. The lowest BCUT2D eigenvalue weighted by atomic mass is 10.1. The number of nitrogens with two attached hydrogens (primary N) is 1. The molecule has 0 aliphatic heterocycles. The fourth-order valence-electron chi connectivity index (χ4n) is 1.79. The zero-order valence-corrected chi connectivity index (χ0v) is 11.9. The monoisotopic (exact) mass is 278 g/mol. The first-order chi connectivity index (χ1) is 9.19. The van der Waals surface area contributed by atoms with Crippen LogP contribution in [0.4, 0.5) is 0 Å². The van der Waals surface area contributed by atoms with Crippen LogP contribution in [0.5, 0.6) is 11.5 Å². The first-order valence-electron chi connectivity index (χ1n) is 6.11. The standard InChI is InChI=1S/C14H18N2O2S/c1-10(15)5-11-3-4-13(14(6-11)17-2)18-8-12-7-16-9-19-12/h3-4,6-7,9-10H,5,8,15H2,1-2H3. The number of methoxy groups -OCH3 is 1. The molecule has 0 saturated heterocycles.